The molecule has 6 heteroatoms. The monoisotopic (exact) mass is 285 g/mol. The van der Waals surface area contributed by atoms with E-state index in [0.717, 1.165) is 17.7 Å². The lowest BCUT2D eigenvalue weighted by Gasteiger charge is -2.17. The number of benzene rings is 1. The van der Waals surface area contributed by atoms with E-state index in [2.05, 4.69) is 23.7 Å². The smallest absolute Gasteiger partial charge is 0.170 e. The number of amidine groups is 1. The molecule has 0 bridgehead atoms. The molecule has 0 saturated heterocycles. The van der Waals surface area contributed by atoms with Crippen LogP contribution in [0.25, 0.3) is 0 Å². The first kappa shape index (κ1) is 15.8. The average molecular weight is 285 g/mol. The summed E-state index contributed by atoms with van der Waals surface area (Å²) in [5, 5.41) is 15.1. The van der Waals surface area contributed by atoms with Gasteiger partial charge in [-0.2, -0.15) is 11.8 Å². The number of thioether (sulfide) groups is 1. The predicted octanol–water partition coefficient (Wildman–Crippen LogP) is 2.15. The highest BCUT2D eigenvalue weighted by Gasteiger charge is 2.11. The highest BCUT2D eigenvalue weighted by atomic mass is 32.2. The summed E-state index contributed by atoms with van der Waals surface area (Å²) in [7, 11) is 0. The molecule has 0 aromatic heterocycles. The van der Waals surface area contributed by atoms with Gasteiger partial charge in [0, 0.05) is 23.9 Å². The van der Waals surface area contributed by atoms with Crippen molar-refractivity contribution < 1.29 is 9.60 Å². The lowest BCUT2D eigenvalue weighted by Crippen LogP contribution is -2.31. The normalized spacial score (nSPS) is 13.5. The van der Waals surface area contributed by atoms with Gasteiger partial charge in [0.15, 0.2) is 5.84 Å². The molecule has 0 aliphatic carbocycles. The topological polar surface area (TPSA) is 70.6 Å². The molecule has 1 aromatic rings. The van der Waals surface area contributed by atoms with Crippen LogP contribution < -0.4 is 11.1 Å². The molecular weight excluding hydrogens is 265 g/mol. The zero-order valence-electron chi connectivity index (χ0n) is 11.2. The van der Waals surface area contributed by atoms with Gasteiger partial charge in [0.05, 0.1) is 0 Å². The largest absolute Gasteiger partial charge is 0.409 e. The first-order chi connectivity index (χ1) is 9.12. The molecule has 0 saturated carbocycles. The molecular formula is C13H20FN3OS. The van der Waals surface area contributed by atoms with Crippen molar-refractivity contribution in [1.29, 1.82) is 0 Å². The number of nitrogens with one attached hydrogen (secondary N) is 1. The Morgan fingerprint density at radius 1 is 1.58 bits per heavy atom. The van der Waals surface area contributed by atoms with Gasteiger partial charge in [-0.15, -0.1) is 0 Å². The molecule has 0 aliphatic rings. The lowest BCUT2D eigenvalue weighted by atomic mass is 10.1. The molecule has 1 atom stereocenters. The Morgan fingerprint density at radius 2 is 2.32 bits per heavy atom. The van der Waals surface area contributed by atoms with Crippen LogP contribution in [0.2, 0.25) is 0 Å². The summed E-state index contributed by atoms with van der Waals surface area (Å²) >= 11 is 1.78. The van der Waals surface area contributed by atoms with Crippen molar-refractivity contribution in [2.75, 3.05) is 12.0 Å². The van der Waals surface area contributed by atoms with Crippen LogP contribution in [0.1, 0.15) is 24.5 Å². The zero-order chi connectivity index (χ0) is 14.3. The lowest BCUT2D eigenvalue weighted by molar-refractivity contribution is 0.318. The fraction of sp³-hybridized carbons (Fsp3) is 0.462. The summed E-state index contributed by atoms with van der Waals surface area (Å²) in [5.41, 5.74) is 6.80. The highest BCUT2D eigenvalue weighted by Crippen LogP contribution is 2.12. The fourth-order valence-electron chi connectivity index (χ4n) is 1.77. The van der Waals surface area contributed by atoms with E-state index in [9.17, 15) is 4.39 Å². The van der Waals surface area contributed by atoms with Crippen LogP contribution in [0, 0.1) is 5.82 Å². The molecule has 0 fully saturated rings. The summed E-state index contributed by atoms with van der Waals surface area (Å²) in [6.45, 7) is 2.67. The van der Waals surface area contributed by atoms with E-state index in [1.54, 1.807) is 17.8 Å². The van der Waals surface area contributed by atoms with E-state index in [4.69, 9.17) is 10.9 Å². The Labute approximate surface area is 117 Å². The number of nitrogens with zero attached hydrogens (tertiary/aromatic N) is 1. The minimum atomic E-state index is -0.401. The van der Waals surface area contributed by atoms with Gasteiger partial charge in [0.1, 0.15) is 5.82 Å². The number of halogens is 1. The molecule has 1 aromatic carbocycles. The van der Waals surface area contributed by atoms with Crippen LogP contribution >= 0.6 is 11.8 Å². The van der Waals surface area contributed by atoms with Crippen LogP contribution in [0.4, 0.5) is 4.39 Å². The zero-order valence-corrected chi connectivity index (χ0v) is 12.0. The van der Waals surface area contributed by atoms with Crippen molar-refractivity contribution in [3.05, 3.63) is 35.1 Å². The van der Waals surface area contributed by atoms with Crippen LogP contribution in [-0.4, -0.2) is 29.1 Å². The van der Waals surface area contributed by atoms with Gasteiger partial charge in [0.25, 0.3) is 0 Å². The predicted molar refractivity (Wildman–Crippen MR) is 78.2 cm³/mol. The van der Waals surface area contributed by atoms with E-state index in [0.29, 0.717) is 18.2 Å². The molecule has 0 spiro atoms. The van der Waals surface area contributed by atoms with Gasteiger partial charge in [-0.1, -0.05) is 18.1 Å². The van der Waals surface area contributed by atoms with Crippen molar-refractivity contribution >= 4 is 17.6 Å². The van der Waals surface area contributed by atoms with Gasteiger partial charge in [-0.3, -0.25) is 0 Å². The van der Waals surface area contributed by atoms with E-state index in [1.807, 2.05) is 0 Å². The molecule has 4 N–H and O–H groups in total. The quantitative estimate of drug-likeness (QED) is 0.311. The molecule has 0 amide bonds. The minimum Gasteiger partial charge on any atom is -0.409 e. The summed E-state index contributed by atoms with van der Waals surface area (Å²) in [5.74, 6) is 0.534. The average Bonchev–Trinajstić information content (AvgIpc) is 2.43. The summed E-state index contributed by atoms with van der Waals surface area (Å²) < 4.78 is 13.2. The van der Waals surface area contributed by atoms with E-state index in [1.165, 1.54) is 12.1 Å². The number of oxime groups is 1. The third-order valence-electron chi connectivity index (χ3n) is 2.90. The second-order valence-electron chi connectivity index (χ2n) is 4.23. The highest BCUT2D eigenvalue weighted by molar-refractivity contribution is 7.98. The second-order valence-corrected chi connectivity index (χ2v) is 5.14. The SMILES string of the molecule is CCC(CSC)NCc1ccc(F)cc1/C(N)=N/O. The summed E-state index contributed by atoms with van der Waals surface area (Å²) in [4.78, 5) is 0. The molecule has 4 nitrogen and oxygen atoms in total. The Morgan fingerprint density at radius 3 is 2.89 bits per heavy atom. The molecule has 0 aliphatic heterocycles. The van der Waals surface area contributed by atoms with Crippen LogP contribution in [0.5, 0.6) is 0 Å². The maximum Gasteiger partial charge on any atom is 0.170 e. The molecule has 0 heterocycles. The van der Waals surface area contributed by atoms with Crippen LogP contribution in [0.3, 0.4) is 0 Å². The third-order valence-corrected chi connectivity index (χ3v) is 3.63. The molecule has 1 unspecified atom stereocenters. The van der Waals surface area contributed by atoms with Gasteiger partial charge in [0.2, 0.25) is 0 Å². The number of hydrogen-bond donors (Lipinski definition) is 3. The van der Waals surface area contributed by atoms with E-state index < -0.39 is 5.82 Å². The van der Waals surface area contributed by atoms with E-state index in [-0.39, 0.29) is 5.84 Å². The molecule has 19 heavy (non-hydrogen) atoms. The van der Waals surface area contributed by atoms with Crippen molar-refractivity contribution in [2.45, 2.75) is 25.9 Å². The van der Waals surface area contributed by atoms with Gasteiger partial charge >= 0.3 is 0 Å². The van der Waals surface area contributed by atoms with Crippen LogP contribution in [-0.2, 0) is 6.54 Å². The molecule has 1 rings (SSSR count). The Balaban J connectivity index is 2.83. The van der Waals surface area contributed by atoms with E-state index >= 15 is 0 Å². The Kier molecular flexibility index (Phi) is 6.66. The van der Waals surface area contributed by atoms with Crippen molar-refractivity contribution in [1.82, 2.24) is 5.32 Å². The first-order valence-corrected chi connectivity index (χ1v) is 7.50. The van der Waals surface area contributed by atoms with Crippen LogP contribution in [0.15, 0.2) is 23.4 Å². The Hall–Kier alpha value is -1.27. The summed E-state index contributed by atoms with van der Waals surface area (Å²) in [6, 6.07) is 4.70. The standard InChI is InChI=1S/C13H20FN3OS/c1-3-11(8-19-2)16-7-9-4-5-10(14)6-12(9)13(15)17-18/h4-6,11,16,18H,3,7-8H2,1-2H3,(H2,15,17). The molecule has 106 valence electrons. The second kappa shape index (κ2) is 8.01. The van der Waals surface area contributed by atoms with Crippen molar-refractivity contribution in [3.8, 4) is 0 Å². The minimum absolute atomic E-state index is 0.0748. The number of nitrogens with two attached hydrogens (primary N) is 1. The van der Waals surface area contributed by atoms with Gasteiger partial charge < -0.3 is 16.3 Å². The fourth-order valence-corrected chi connectivity index (χ4v) is 2.53. The van der Waals surface area contributed by atoms with Crippen molar-refractivity contribution in [3.63, 3.8) is 0 Å². The maximum absolute atomic E-state index is 13.2. The van der Waals surface area contributed by atoms with Gasteiger partial charge in [-0.25, -0.2) is 4.39 Å². The summed E-state index contributed by atoms with van der Waals surface area (Å²) in [6.07, 6.45) is 3.07. The van der Waals surface area contributed by atoms with Gasteiger partial charge in [-0.05, 0) is 30.4 Å². The third kappa shape index (κ3) is 4.72. The van der Waals surface area contributed by atoms with Crippen molar-refractivity contribution in [2.24, 2.45) is 10.9 Å². The first-order valence-electron chi connectivity index (χ1n) is 6.11. The molecule has 0 radical (unpaired) electrons. The maximum atomic E-state index is 13.2. The Bertz CT molecular complexity index is 440. The number of rotatable bonds is 7. The number of hydrogen-bond acceptors (Lipinski definition) is 4.